The van der Waals surface area contributed by atoms with Gasteiger partial charge in [0.25, 0.3) is 5.91 Å². The Morgan fingerprint density at radius 1 is 1.63 bits per heavy atom. The molecule has 19 heavy (non-hydrogen) atoms. The monoisotopic (exact) mass is 266 g/mol. The normalized spacial score (nSPS) is 23.6. The second-order valence-corrected chi connectivity index (χ2v) is 5.33. The number of ether oxygens (including phenoxy) is 1. The highest BCUT2D eigenvalue weighted by Crippen LogP contribution is 2.33. The molecule has 0 saturated carbocycles. The highest BCUT2D eigenvalue weighted by atomic mass is 16.5. The van der Waals surface area contributed by atoms with E-state index in [1.807, 2.05) is 4.90 Å². The molecule has 106 valence electrons. The van der Waals surface area contributed by atoms with E-state index in [4.69, 9.17) is 4.74 Å². The molecule has 1 fully saturated rings. The molecule has 1 atom stereocenters. The number of hydrogen-bond donors (Lipinski definition) is 2. The van der Waals surface area contributed by atoms with Crippen LogP contribution < -0.4 is 0 Å². The van der Waals surface area contributed by atoms with Crippen LogP contribution >= 0.6 is 0 Å². The number of likely N-dealkylation sites (tertiary alicyclic amines) is 1. The van der Waals surface area contributed by atoms with Gasteiger partial charge in [-0.2, -0.15) is 0 Å². The minimum atomic E-state index is -0.208. The first-order chi connectivity index (χ1) is 9.21. The number of hydrogen-bond acceptors (Lipinski definition) is 3. The van der Waals surface area contributed by atoms with E-state index in [0.29, 0.717) is 18.7 Å². The fourth-order valence-corrected chi connectivity index (χ4v) is 2.75. The Bertz CT molecular complexity index is 405. The van der Waals surface area contributed by atoms with Gasteiger partial charge in [0.15, 0.2) is 0 Å². The van der Waals surface area contributed by atoms with E-state index >= 15 is 0 Å². The number of aliphatic hydroxyl groups is 1. The summed E-state index contributed by atoms with van der Waals surface area (Å²) in [7, 11) is 1.66. The van der Waals surface area contributed by atoms with Crippen molar-refractivity contribution >= 4 is 5.91 Å². The van der Waals surface area contributed by atoms with Gasteiger partial charge in [0, 0.05) is 44.6 Å². The summed E-state index contributed by atoms with van der Waals surface area (Å²) < 4.78 is 5.12. The third-order valence-corrected chi connectivity index (χ3v) is 3.97. The molecule has 1 aromatic heterocycles. The van der Waals surface area contributed by atoms with Gasteiger partial charge in [-0.25, -0.2) is 0 Å². The molecule has 1 aliphatic rings. The first kappa shape index (κ1) is 14.1. The summed E-state index contributed by atoms with van der Waals surface area (Å²) in [5.41, 5.74) is 0.473. The van der Waals surface area contributed by atoms with Crippen LogP contribution in [0.1, 0.15) is 29.6 Å². The fraction of sp³-hybridized carbons (Fsp3) is 0.643. The molecule has 0 spiro atoms. The van der Waals surface area contributed by atoms with Crippen molar-refractivity contribution < 1.29 is 14.6 Å². The van der Waals surface area contributed by atoms with E-state index in [2.05, 4.69) is 4.98 Å². The van der Waals surface area contributed by atoms with Crippen LogP contribution in [0.2, 0.25) is 0 Å². The molecule has 5 nitrogen and oxygen atoms in total. The van der Waals surface area contributed by atoms with Crippen molar-refractivity contribution in [1.82, 2.24) is 9.88 Å². The molecule has 1 unspecified atom stereocenters. The van der Waals surface area contributed by atoms with Gasteiger partial charge in [-0.15, -0.1) is 0 Å². The first-order valence-electron chi connectivity index (χ1n) is 6.73. The molecular weight excluding hydrogens is 244 g/mol. The highest BCUT2D eigenvalue weighted by molar-refractivity contribution is 5.94. The van der Waals surface area contributed by atoms with Crippen LogP contribution in [0.3, 0.4) is 0 Å². The number of methoxy groups -OCH3 is 1. The zero-order chi connectivity index (χ0) is 13.7. The molecule has 0 aliphatic carbocycles. The van der Waals surface area contributed by atoms with Crippen molar-refractivity contribution in [3.63, 3.8) is 0 Å². The Balaban J connectivity index is 2.05. The maximum atomic E-state index is 12.3. The molecule has 1 saturated heterocycles. The number of carbonyl (C=O) groups excluding carboxylic acids is 1. The largest absolute Gasteiger partial charge is 0.396 e. The van der Waals surface area contributed by atoms with Crippen LogP contribution in [0.4, 0.5) is 0 Å². The lowest BCUT2D eigenvalue weighted by molar-refractivity contribution is 0.00899. The third-order valence-electron chi connectivity index (χ3n) is 3.97. The molecule has 2 rings (SSSR count). The Morgan fingerprint density at radius 3 is 3.11 bits per heavy atom. The minimum Gasteiger partial charge on any atom is -0.396 e. The number of H-pyrrole nitrogens is 1. The number of nitrogens with zero attached hydrogens (tertiary/aromatic N) is 1. The van der Waals surface area contributed by atoms with E-state index in [1.165, 1.54) is 0 Å². The van der Waals surface area contributed by atoms with Crippen molar-refractivity contribution in [3.05, 3.63) is 24.0 Å². The van der Waals surface area contributed by atoms with Crippen LogP contribution in [0.25, 0.3) is 0 Å². The van der Waals surface area contributed by atoms with Crippen molar-refractivity contribution in [3.8, 4) is 0 Å². The summed E-state index contributed by atoms with van der Waals surface area (Å²) in [5.74, 6) is 0.0381. The van der Waals surface area contributed by atoms with Gasteiger partial charge in [-0.3, -0.25) is 4.79 Å². The van der Waals surface area contributed by atoms with Crippen molar-refractivity contribution in [2.75, 3.05) is 33.4 Å². The smallest absolute Gasteiger partial charge is 0.255 e. The van der Waals surface area contributed by atoms with Crippen molar-refractivity contribution in [1.29, 1.82) is 0 Å². The lowest BCUT2D eigenvalue weighted by Gasteiger charge is -2.41. The van der Waals surface area contributed by atoms with Crippen LogP contribution in [0.5, 0.6) is 0 Å². The SMILES string of the molecule is COCCC1(CO)CCCN(C(=O)c2cc[nH]c2)C1. The quantitative estimate of drug-likeness (QED) is 0.843. The van der Waals surface area contributed by atoms with Crippen molar-refractivity contribution in [2.45, 2.75) is 19.3 Å². The molecule has 0 bridgehead atoms. The Morgan fingerprint density at radius 2 is 2.47 bits per heavy atom. The van der Waals surface area contributed by atoms with Crippen molar-refractivity contribution in [2.24, 2.45) is 5.41 Å². The van der Waals surface area contributed by atoms with Gasteiger partial charge in [0.05, 0.1) is 12.2 Å². The zero-order valence-corrected chi connectivity index (χ0v) is 11.4. The molecule has 0 aromatic carbocycles. The van der Waals surface area contributed by atoms with Gasteiger partial charge in [0.2, 0.25) is 0 Å². The lowest BCUT2D eigenvalue weighted by atomic mass is 9.78. The van der Waals surface area contributed by atoms with Crippen LogP contribution in [-0.2, 0) is 4.74 Å². The maximum Gasteiger partial charge on any atom is 0.255 e. The molecule has 1 aliphatic heterocycles. The maximum absolute atomic E-state index is 12.3. The third kappa shape index (κ3) is 3.16. The Labute approximate surface area is 113 Å². The number of piperidine rings is 1. The fourth-order valence-electron chi connectivity index (χ4n) is 2.75. The molecule has 1 amide bonds. The molecule has 5 heteroatoms. The number of aromatic nitrogens is 1. The minimum absolute atomic E-state index is 0.0381. The predicted molar refractivity (Wildman–Crippen MR) is 71.9 cm³/mol. The summed E-state index contributed by atoms with van der Waals surface area (Å²) in [5, 5.41) is 9.70. The molecule has 2 N–H and O–H groups in total. The van der Waals surface area contributed by atoms with Gasteiger partial charge in [-0.1, -0.05) is 0 Å². The number of amides is 1. The van der Waals surface area contributed by atoms with E-state index in [0.717, 1.165) is 25.8 Å². The molecule has 0 radical (unpaired) electrons. The number of rotatable bonds is 5. The van der Waals surface area contributed by atoms with Gasteiger partial charge in [0.1, 0.15) is 0 Å². The summed E-state index contributed by atoms with van der Waals surface area (Å²) in [6.45, 7) is 2.09. The highest BCUT2D eigenvalue weighted by Gasteiger charge is 2.36. The predicted octanol–water partition coefficient (Wildman–Crippen LogP) is 1.27. The van der Waals surface area contributed by atoms with E-state index in [1.54, 1.807) is 25.6 Å². The molecule has 1 aromatic rings. The Hall–Kier alpha value is -1.33. The number of nitrogens with one attached hydrogen (secondary N) is 1. The average molecular weight is 266 g/mol. The summed E-state index contributed by atoms with van der Waals surface area (Å²) >= 11 is 0. The van der Waals surface area contributed by atoms with E-state index in [9.17, 15) is 9.90 Å². The second-order valence-electron chi connectivity index (χ2n) is 5.33. The lowest BCUT2D eigenvalue weighted by Crippen LogP contribution is -2.48. The number of carbonyl (C=O) groups is 1. The van der Waals surface area contributed by atoms with E-state index < -0.39 is 0 Å². The Kier molecular flexibility index (Phi) is 4.61. The van der Waals surface area contributed by atoms with Gasteiger partial charge in [-0.05, 0) is 25.3 Å². The second kappa shape index (κ2) is 6.21. The summed E-state index contributed by atoms with van der Waals surface area (Å²) in [6, 6.07) is 1.78. The van der Waals surface area contributed by atoms with Crippen LogP contribution in [-0.4, -0.2) is 54.3 Å². The number of aliphatic hydroxyl groups excluding tert-OH is 1. The first-order valence-corrected chi connectivity index (χ1v) is 6.73. The van der Waals surface area contributed by atoms with E-state index in [-0.39, 0.29) is 17.9 Å². The molecule has 2 heterocycles. The standard InChI is InChI=1S/C14H22N2O3/c1-19-8-5-14(11-17)4-2-7-16(10-14)13(18)12-3-6-15-9-12/h3,6,9,15,17H,2,4-5,7-8,10-11H2,1H3. The van der Waals surface area contributed by atoms with Gasteiger partial charge < -0.3 is 19.7 Å². The number of aromatic amines is 1. The van der Waals surface area contributed by atoms with Crippen LogP contribution in [0, 0.1) is 5.41 Å². The molecular formula is C14H22N2O3. The average Bonchev–Trinajstić information content (AvgIpc) is 2.99. The summed E-state index contributed by atoms with van der Waals surface area (Å²) in [6.07, 6.45) is 6.13. The topological polar surface area (TPSA) is 65.6 Å². The van der Waals surface area contributed by atoms with Crippen LogP contribution in [0.15, 0.2) is 18.5 Å². The van der Waals surface area contributed by atoms with Gasteiger partial charge >= 0.3 is 0 Å². The zero-order valence-electron chi connectivity index (χ0n) is 11.4. The summed E-state index contributed by atoms with van der Waals surface area (Å²) in [4.78, 5) is 17.1.